The summed E-state index contributed by atoms with van der Waals surface area (Å²) in [5.41, 5.74) is 7.41. The van der Waals surface area contributed by atoms with Gasteiger partial charge in [0.25, 0.3) is 0 Å². The Hall–Kier alpha value is -1.75. The van der Waals surface area contributed by atoms with Crippen LogP contribution in [0.3, 0.4) is 0 Å². The largest absolute Gasteiger partial charge is 0.478 e. The lowest BCUT2D eigenvalue weighted by molar-refractivity contribution is 0.0697. The number of benzene rings is 1. The minimum Gasteiger partial charge on any atom is -0.478 e. The van der Waals surface area contributed by atoms with Gasteiger partial charge in [-0.1, -0.05) is 13.0 Å². The van der Waals surface area contributed by atoms with Crippen molar-refractivity contribution >= 4 is 17.3 Å². The molecule has 0 heterocycles. The van der Waals surface area contributed by atoms with Crippen LogP contribution in [-0.4, -0.2) is 49.7 Å². The third-order valence-electron chi connectivity index (χ3n) is 2.92. The first-order chi connectivity index (χ1) is 8.97. The number of nitrogens with two attached hydrogens (primary N) is 1. The molecule has 1 aromatic rings. The number of para-hydroxylation sites is 1. The SMILES string of the molecule is CCCN(CCN(C)C)c1c(N)cccc1C(=O)O. The number of nitrogens with zero attached hydrogens (tertiary/aromatic N) is 2. The Morgan fingerprint density at radius 2 is 1.95 bits per heavy atom. The summed E-state index contributed by atoms with van der Waals surface area (Å²) in [6.45, 7) is 4.48. The van der Waals surface area contributed by atoms with Gasteiger partial charge in [0.15, 0.2) is 0 Å². The molecule has 1 rings (SSSR count). The van der Waals surface area contributed by atoms with Gasteiger partial charge in [-0.05, 0) is 32.6 Å². The highest BCUT2D eigenvalue weighted by atomic mass is 16.4. The molecule has 0 aliphatic rings. The molecule has 0 saturated carbocycles. The topological polar surface area (TPSA) is 69.8 Å². The highest BCUT2D eigenvalue weighted by Gasteiger charge is 2.18. The molecule has 1 aromatic carbocycles. The summed E-state index contributed by atoms with van der Waals surface area (Å²) in [5, 5.41) is 9.29. The number of hydrogen-bond donors (Lipinski definition) is 2. The van der Waals surface area contributed by atoms with Gasteiger partial charge >= 0.3 is 5.97 Å². The van der Waals surface area contributed by atoms with Gasteiger partial charge in [0, 0.05) is 19.6 Å². The molecule has 106 valence electrons. The minimum absolute atomic E-state index is 0.271. The summed E-state index contributed by atoms with van der Waals surface area (Å²) in [7, 11) is 3.99. The molecule has 0 atom stereocenters. The van der Waals surface area contributed by atoms with Crippen molar-refractivity contribution in [1.82, 2.24) is 4.90 Å². The zero-order valence-electron chi connectivity index (χ0n) is 11.9. The van der Waals surface area contributed by atoms with E-state index in [1.54, 1.807) is 18.2 Å². The first-order valence-electron chi connectivity index (χ1n) is 6.48. The Morgan fingerprint density at radius 3 is 2.47 bits per heavy atom. The highest BCUT2D eigenvalue weighted by molar-refractivity contribution is 5.98. The number of carboxylic acids is 1. The first-order valence-corrected chi connectivity index (χ1v) is 6.48. The van der Waals surface area contributed by atoms with Gasteiger partial charge in [0.1, 0.15) is 0 Å². The second kappa shape index (κ2) is 6.99. The molecular weight excluding hydrogens is 242 g/mol. The molecule has 0 saturated heterocycles. The summed E-state index contributed by atoms with van der Waals surface area (Å²) < 4.78 is 0. The molecule has 0 amide bonds. The van der Waals surface area contributed by atoms with E-state index in [0.29, 0.717) is 11.4 Å². The third kappa shape index (κ3) is 4.13. The fourth-order valence-corrected chi connectivity index (χ4v) is 2.01. The zero-order chi connectivity index (χ0) is 14.4. The van der Waals surface area contributed by atoms with Crippen molar-refractivity contribution in [3.8, 4) is 0 Å². The minimum atomic E-state index is -0.937. The quantitative estimate of drug-likeness (QED) is 0.735. The van der Waals surface area contributed by atoms with Gasteiger partial charge in [0.05, 0.1) is 16.9 Å². The van der Waals surface area contributed by atoms with E-state index in [-0.39, 0.29) is 5.56 Å². The Labute approximate surface area is 114 Å². The maximum absolute atomic E-state index is 11.3. The number of hydrogen-bond acceptors (Lipinski definition) is 4. The van der Waals surface area contributed by atoms with Crippen LogP contribution in [0.15, 0.2) is 18.2 Å². The van der Waals surface area contributed by atoms with Crippen molar-refractivity contribution in [1.29, 1.82) is 0 Å². The predicted octanol–water partition coefficient (Wildman–Crippen LogP) is 1.74. The molecular formula is C14H23N3O2. The van der Waals surface area contributed by atoms with Crippen LogP contribution in [0.1, 0.15) is 23.7 Å². The summed E-state index contributed by atoms with van der Waals surface area (Å²) in [5.74, 6) is -0.937. The normalized spacial score (nSPS) is 10.7. The lowest BCUT2D eigenvalue weighted by Crippen LogP contribution is -2.34. The standard InChI is InChI=1S/C14H23N3O2/c1-4-8-17(10-9-16(2)3)13-11(14(18)19)6-5-7-12(13)15/h5-7H,4,8-10,15H2,1-3H3,(H,18,19). The fraction of sp³-hybridized carbons (Fsp3) is 0.500. The van der Waals surface area contributed by atoms with Crippen molar-refractivity contribution in [2.24, 2.45) is 0 Å². The summed E-state index contributed by atoms with van der Waals surface area (Å²) in [6.07, 6.45) is 0.945. The molecule has 3 N–H and O–H groups in total. The van der Waals surface area contributed by atoms with E-state index in [1.807, 2.05) is 14.1 Å². The Morgan fingerprint density at radius 1 is 1.26 bits per heavy atom. The van der Waals surface area contributed by atoms with E-state index in [4.69, 9.17) is 5.73 Å². The molecule has 0 unspecified atom stereocenters. The molecule has 5 heteroatoms. The van der Waals surface area contributed by atoms with E-state index in [2.05, 4.69) is 16.7 Å². The van der Waals surface area contributed by atoms with Gasteiger partial charge in [-0.25, -0.2) is 4.79 Å². The molecule has 0 aliphatic carbocycles. The first kappa shape index (κ1) is 15.3. The van der Waals surface area contributed by atoms with Crippen LogP contribution in [-0.2, 0) is 0 Å². The second-order valence-corrected chi connectivity index (χ2v) is 4.84. The molecule has 19 heavy (non-hydrogen) atoms. The number of rotatable bonds is 7. The number of carbonyl (C=O) groups is 1. The van der Waals surface area contributed by atoms with E-state index >= 15 is 0 Å². The lowest BCUT2D eigenvalue weighted by atomic mass is 10.1. The Kier molecular flexibility index (Phi) is 5.63. The molecule has 0 aromatic heterocycles. The number of aromatic carboxylic acids is 1. The summed E-state index contributed by atoms with van der Waals surface area (Å²) >= 11 is 0. The van der Waals surface area contributed by atoms with Gasteiger partial charge in [0.2, 0.25) is 0 Å². The third-order valence-corrected chi connectivity index (χ3v) is 2.92. The van der Waals surface area contributed by atoms with Crippen LogP contribution < -0.4 is 10.6 Å². The van der Waals surface area contributed by atoms with Crippen LogP contribution in [0.2, 0.25) is 0 Å². The van der Waals surface area contributed by atoms with Gasteiger partial charge in [-0.3, -0.25) is 0 Å². The zero-order valence-corrected chi connectivity index (χ0v) is 11.9. The lowest BCUT2D eigenvalue weighted by Gasteiger charge is -2.28. The average Bonchev–Trinajstić information content (AvgIpc) is 2.34. The van der Waals surface area contributed by atoms with Crippen molar-refractivity contribution in [3.05, 3.63) is 23.8 Å². The summed E-state index contributed by atoms with van der Waals surface area (Å²) in [6, 6.07) is 5.03. The monoisotopic (exact) mass is 265 g/mol. The van der Waals surface area contributed by atoms with Crippen molar-refractivity contribution in [2.75, 3.05) is 44.4 Å². The van der Waals surface area contributed by atoms with E-state index in [9.17, 15) is 9.90 Å². The van der Waals surface area contributed by atoms with Crippen LogP contribution in [0, 0.1) is 0 Å². The fourth-order valence-electron chi connectivity index (χ4n) is 2.01. The van der Waals surface area contributed by atoms with Gasteiger partial charge < -0.3 is 20.6 Å². The molecule has 0 aliphatic heterocycles. The maximum Gasteiger partial charge on any atom is 0.337 e. The van der Waals surface area contributed by atoms with E-state index < -0.39 is 5.97 Å². The molecule has 0 fully saturated rings. The van der Waals surface area contributed by atoms with E-state index in [1.165, 1.54) is 0 Å². The average molecular weight is 265 g/mol. The van der Waals surface area contributed by atoms with Crippen LogP contribution in [0.5, 0.6) is 0 Å². The number of nitrogen functional groups attached to an aromatic ring is 1. The van der Waals surface area contributed by atoms with Crippen molar-refractivity contribution in [2.45, 2.75) is 13.3 Å². The molecule has 5 nitrogen and oxygen atoms in total. The van der Waals surface area contributed by atoms with Crippen LogP contribution in [0.25, 0.3) is 0 Å². The Balaban J connectivity index is 3.09. The van der Waals surface area contributed by atoms with Gasteiger partial charge in [-0.2, -0.15) is 0 Å². The van der Waals surface area contributed by atoms with Crippen molar-refractivity contribution in [3.63, 3.8) is 0 Å². The second-order valence-electron chi connectivity index (χ2n) is 4.84. The number of anilines is 2. The number of likely N-dealkylation sites (N-methyl/N-ethyl adjacent to an activating group) is 1. The smallest absolute Gasteiger partial charge is 0.337 e. The maximum atomic E-state index is 11.3. The summed E-state index contributed by atoms with van der Waals surface area (Å²) in [4.78, 5) is 15.5. The van der Waals surface area contributed by atoms with Crippen LogP contribution in [0.4, 0.5) is 11.4 Å². The van der Waals surface area contributed by atoms with Crippen molar-refractivity contribution < 1.29 is 9.90 Å². The van der Waals surface area contributed by atoms with Gasteiger partial charge in [-0.15, -0.1) is 0 Å². The highest BCUT2D eigenvalue weighted by Crippen LogP contribution is 2.28. The Bertz CT molecular complexity index is 433. The van der Waals surface area contributed by atoms with Crippen LogP contribution >= 0.6 is 0 Å². The van der Waals surface area contributed by atoms with E-state index in [0.717, 1.165) is 26.1 Å². The molecule has 0 spiro atoms. The predicted molar refractivity (Wildman–Crippen MR) is 78.9 cm³/mol. The number of carboxylic acid groups (broad SMARTS) is 1. The molecule has 0 bridgehead atoms. The molecule has 0 radical (unpaired) electrons.